The van der Waals surface area contributed by atoms with Crippen molar-refractivity contribution in [1.82, 2.24) is 5.32 Å². The van der Waals surface area contributed by atoms with E-state index in [1.807, 2.05) is 0 Å². The first-order chi connectivity index (χ1) is 4.84. The summed E-state index contributed by atoms with van der Waals surface area (Å²) in [5.41, 5.74) is 0. The maximum absolute atomic E-state index is 4.36. The summed E-state index contributed by atoms with van der Waals surface area (Å²) in [6, 6.07) is 0. The molecule has 1 unspecified atom stereocenters. The smallest absolute Gasteiger partial charge is 0.0993 e. The molecule has 0 aromatic rings. The van der Waals surface area contributed by atoms with E-state index in [2.05, 4.69) is 24.2 Å². The predicted octanol–water partition coefficient (Wildman–Crippen LogP) is 1.42. The van der Waals surface area contributed by atoms with E-state index in [1.54, 1.807) is 0 Å². The second-order valence-electron chi connectivity index (χ2n) is 2.88. The van der Waals surface area contributed by atoms with E-state index in [-0.39, 0.29) is 0 Å². The molecule has 1 rings (SSSR count). The van der Waals surface area contributed by atoms with E-state index < -0.39 is 0 Å². The average Bonchev–Trinajstić information content (AvgIpc) is 2.38. The summed E-state index contributed by atoms with van der Waals surface area (Å²) in [5.74, 6) is 1.87. The molecule has 0 bridgehead atoms. The Labute approximate surface area is 62.7 Å². The fraction of sp³-hybridized carbons (Fsp3) is 0.875. The monoisotopic (exact) mass is 140 g/mol. The van der Waals surface area contributed by atoms with Crippen LogP contribution in [0.5, 0.6) is 0 Å². The van der Waals surface area contributed by atoms with Gasteiger partial charge in [0.15, 0.2) is 0 Å². The molecule has 0 fully saturated rings. The van der Waals surface area contributed by atoms with Crippen LogP contribution >= 0.6 is 0 Å². The van der Waals surface area contributed by atoms with Crippen molar-refractivity contribution in [2.75, 3.05) is 13.1 Å². The highest BCUT2D eigenvalue weighted by Gasteiger charge is 2.11. The first-order valence-corrected chi connectivity index (χ1v) is 4.12. The lowest BCUT2D eigenvalue weighted by atomic mass is 10.1. The molecule has 58 valence electrons. The van der Waals surface area contributed by atoms with Crippen molar-refractivity contribution in [2.45, 2.75) is 26.7 Å². The van der Waals surface area contributed by atoms with Gasteiger partial charge in [-0.05, 0) is 6.42 Å². The molecule has 2 heteroatoms. The number of rotatable bonds is 3. The van der Waals surface area contributed by atoms with Gasteiger partial charge >= 0.3 is 0 Å². The van der Waals surface area contributed by atoms with Crippen LogP contribution in [0.2, 0.25) is 0 Å². The Kier molecular flexibility index (Phi) is 2.72. The summed E-state index contributed by atoms with van der Waals surface area (Å²) < 4.78 is 0. The van der Waals surface area contributed by atoms with E-state index in [0.29, 0.717) is 5.92 Å². The van der Waals surface area contributed by atoms with Gasteiger partial charge in [-0.15, -0.1) is 0 Å². The number of hydrogen-bond acceptors (Lipinski definition) is 2. The molecule has 0 aliphatic carbocycles. The van der Waals surface area contributed by atoms with Gasteiger partial charge in [0.2, 0.25) is 0 Å². The SMILES string of the molecule is CCCC(C)C1=NCCN1. The van der Waals surface area contributed by atoms with Crippen LogP contribution in [0.3, 0.4) is 0 Å². The summed E-state index contributed by atoms with van der Waals surface area (Å²) in [7, 11) is 0. The largest absolute Gasteiger partial charge is 0.372 e. The molecule has 0 aromatic heterocycles. The standard InChI is InChI=1S/C8H16N2/c1-3-4-7(2)8-9-5-6-10-8/h7H,3-6H2,1-2H3,(H,9,10). The Morgan fingerprint density at radius 3 is 3.00 bits per heavy atom. The summed E-state index contributed by atoms with van der Waals surface area (Å²) >= 11 is 0. The van der Waals surface area contributed by atoms with Crippen molar-refractivity contribution < 1.29 is 0 Å². The van der Waals surface area contributed by atoms with Crippen LogP contribution in [-0.2, 0) is 0 Å². The molecular weight excluding hydrogens is 124 g/mol. The van der Waals surface area contributed by atoms with E-state index in [9.17, 15) is 0 Å². The van der Waals surface area contributed by atoms with E-state index in [0.717, 1.165) is 13.1 Å². The molecule has 0 aromatic carbocycles. The van der Waals surface area contributed by atoms with Crippen LogP contribution in [0.15, 0.2) is 4.99 Å². The molecule has 10 heavy (non-hydrogen) atoms. The minimum absolute atomic E-state index is 0.646. The zero-order chi connectivity index (χ0) is 7.40. The minimum atomic E-state index is 0.646. The Bertz CT molecular complexity index is 129. The van der Waals surface area contributed by atoms with E-state index >= 15 is 0 Å². The summed E-state index contributed by atoms with van der Waals surface area (Å²) in [4.78, 5) is 4.36. The van der Waals surface area contributed by atoms with Gasteiger partial charge in [0.1, 0.15) is 0 Å². The zero-order valence-corrected chi connectivity index (χ0v) is 6.85. The number of hydrogen-bond donors (Lipinski definition) is 1. The van der Waals surface area contributed by atoms with E-state index in [4.69, 9.17) is 0 Å². The Balaban J connectivity index is 2.32. The van der Waals surface area contributed by atoms with Gasteiger partial charge in [-0.3, -0.25) is 4.99 Å². The van der Waals surface area contributed by atoms with Crippen molar-refractivity contribution >= 4 is 5.84 Å². The number of amidine groups is 1. The molecule has 0 amide bonds. The third kappa shape index (κ3) is 1.72. The third-order valence-electron chi connectivity index (χ3n) is 1.89. The van der Waals surface area contributed by atoms with Crippen LogP contribution in [0, 0.1) is 5.92 Å². The van der Waals surface area contributed by atoms with Gasteiger partial charge in [-0.1, -0.05) is 20.3 Å². The third-order valence-corrected chi connectivity index (χ3v) is 1.89. The number of aliphatic imine (C=N–C) groups is 1. The van der Waals surface area contributed by atoms with Gasteiger partial charge in [-0.2, -0.15) is 0 Å². The number of nitrogens with zero attached hydrogens (tertiary/aromatic N) is 1. The van der Waals surface area contributed by atoms with Gasteiger partial charge < -0.3 is 5.32 Å². The quantitative estimate of drug-likeness (QED) is 0.630. The topological polar surface area (TPSA) is 24.4 Å². The first-order valence-electron chi connectivity index (χ1n) is 4.12. The van der Waals surface area contributed by atoms with Crippen LogP contribution in [-0.4, -0.2) is 18.9 Å². The lowest BCUT2D eigenvalue weighted by Gasteiger charge is -2.09. The van der Waals surface area contributed by atoms with Gasteiger partial charge in [0, 0.05) is 12.5 Å². The highest BCUT2D eigenvalue weighted by atomic mass is 15.1. The summed E-state index contributed by atoms with van der Waals surface area (Å²) in [5, 5.41) is 3.29. The summed E-state index contributed by atoms with van der Waals surface area (Å²) in [6.45, 7) is 6.47. The lowest BCUT2D eigenvalue weighted by Crippen LogP contribution is -2.24. The van der Waals surface area contributed by atoms with Crippen molar-refractivity contribution in [3.05, 3.63) is 0 Å². The second-order valence-corrected chi connectivity index (χ2v) is 2.88. The molecule has 0 saturated carbocycles. The van der Waals surface area contributed by atoms with Crippen molar-refractivity contribution in [3.63, 3.8) is 0 Å². The highest BCUT2D eigenvalue weighted by Crippen LogP contribution is 2.07. The van der Waals surface area contributed by atoms with Crippen molar-refractivity contribution in [1.29, 1.82) is 0 Å². The normalized spacial score (nSPS) is 20.0. The molecule has 1 N–H and O–H groups in total. The van der Waals surface area contributed by atoms with Crippen LogP contribution in [0.1, 0.15) is 26.7 Å². The molecule has 2 nitrogen and oxygen atoms in total. The van der Waals surface area contributed by atoms with Crippen molar-refractivity contribution in [3.8, 4) is 0 Å². The Hall–Kier alpha value is -0.530. The van der Waals surface area contributed by atoms with E-state index in [1.165, 1.54) is 18.7 Å². The molecular formula is C8H16N2. The molecule has 1 heterocycles. The highest BCUT2D eigenvalue weighted by molar-refractivity contribution is 5.85. The molecule has 1 aliphatic rings. The molecule has 1 aliphatic heterocycles. The molecule has 1 atom stereocenters. The van der Waals surface area contributed by atoms with Crippen molar-refractivity contribution in [2.24, 2.45) is 10.9 Å². The second kappa shape index (κ2) is 3.59. The Morgan fingerprint density at radius 2 is 2.50 bits per heavy atom. The molecule has 0 radical (unpaired) electrons. The number of nitrogens with one attached hydrogen (secondary N) is 1. The minimum Gasteiger partial charge on any atom is -0.372 e. The fourth-order valence-electron chi connectivity index (χ4n) is 1.32. The summed E-state index contributed by atoms with van der Waals surface area (Å²) in [6.07, 6.45) is 2.51. The fourth-order valence-corrected chi connectivity index (χ4v) is 1.32. The first kappa shape index (κ1) is 7.58. The van der Waals surface area contributed by atoms with Crippen LogP contribution < -0.4 is 5.32 Å². The molecule has 0 saturated heterocycles. The maximum atomic E-state index is 4.36. The predicted molar refractivity (Wildman–Crippen MR) is 44.4 cm³/mol. The van der Waals surface area contributed by atoms with Crippen LogP contribution in [0.4, 0.5) is 0 Å². The van der Waals surface area contributed by atoms with Crippen LogP contribution in [0.25, 0.3) is 0 Å². The van der Waals surface area contributed by atoms with Gasteiger partial charge in [0.25, 0.3) is 0 Å². The van der Waals surface area contributed by atoms with Gasteiger partial charge in [-0.25, -0.2) is 0 Å². The lowest BCUT2D eigenvalue weighted by molar-refractivity contribution is 0.653. The Morgan fingerprint density at radius 1 is 1.70 bits per heavy atom. The average molecular weight is 140 g/mol. The zero-order valence-electron chi connectivity index (χ0n) is 6.85. The van der Waals surface area contributed by atoms with Gasteiger partial charge in [0.05, 0.1) is 12.4 Å². The molecule has 0 spiro atoms. The maximum Gasteiger partial charge on any atom is 0.0993 e.